The molecule has 1 aliphatic heterocycles. The van der Waals surface area contributed by atoms with Gasteiger partial charge in [-0.2, -0.15) is 0 Å². The molecule has 1 atom stereocenters. The number of hydrogen-bond donors (Lipinski definition) is 0. The molecule has 9 nitrogen and oxygen atoms in total. The maximum atomic E-state index is 12.3. The van der Waals surface area contributed by atoms with Crippen LogP contribution in [0.5, 0.6) is 5.75 Å². The molecule has 0 aliphatic carbocycles. The van der Waals surface area contributed by atoms with Crippen molar-refractivity contribution in [2.75, 3.05) is 25.2 Å². The molecule has 0 N–H and O–H groups in total. The quantitative estimate of drug-likeness (QED) is 0.304. The standard InChI is InChI=1S/C20H18N2O7/c1-28-17-7-3-5-15(10-17)21-11-14(9-19(21)24)20(25)29-12-18(23)13-4-2-6-16(8-13)22(26)27/h2-8,10,14H,9,11-12H2,1H3/t14-/m1/s1. The first-order valence-corrected chi connectivity index (χ1v) is 8.77. The van der Waals surface area contributed by atoms with Crippen molar-refractivity contribution in [3.05, 3.63) is 64.2 Å². The Bertz CT molecular complexity index is 973. The highest BCUT2D eigenvalue weighted by atomic mass is 16.6. The molecule has 1 fully saturated rings. The Hall–Kier alpha value is -3.75. The molecule has 1 aliphatic rings. The molecule has 3 rings (SSSR count). The average molecular weight is 398 g/mol. The lowest BCUT2D eigenvalue weighted by atomic mass is 10.1. The van der Waals surface area contributed by atoms with Crippen LogP contribution in [0, 0.1) is 16.0 Å². The fourth-order valence-corrected chi connectivity index (χ4v) is 3.02. The number of non-ortho nitro benzene ring substituents is 1. The highest BCUT2D eigenvalue weighted by Crippen LogP contribution is 2.28. The van der Waals surface area contributed by atoms with Gasteiger partial charge >= 0.3 is 5.97 Å². The van der Waals surface area contributed by atoms with E-state index in [0.29, 0.717) is 11.4 Å². The summed E-state index contributed by atoms with van der Waals surface area (Å²) < 4.78 is 10.2. The molecule has 29 heavy (non-hydrogen) atoms. The molecule has 0 saturated carbocycles. The summed E-state index contributed by atoms with van der Waals surface area (Å²) in [6.45, 7) is -0.417. The highest BCUT2D eigenvalue weighted by molar-refractivity contribution is 6.01. The fourth-order valence-electron chi connectivity index (χ4n) is 3.02. The molecule has 0 aromatic heterocycles. The molecule has 0 unspecified atom stereocenters. The van der Waals surface area contributed by atoms with Crippen LogP contribution in [-0.2, 0) is 14.3 Å². The van der Waals surface area contributed by atoms with Crippen molar-refractivity contribution >= 4 is 29.0 Å². The minimum atomic E-state index is -0.702. The largest absolute Gasteiger partial charge is 0.497 e. The van der Waals surface area contributed by atoms with E-state index in [0.717, 1.165) is 6.07 Å². The Morgan fingerprint density at radius 1 is 1.21 bits per heavy atom. The number of carbonyl (C=O) groups excluding carboxylic acids is 3. The first kappa shape index (κ1) is 20.0. The Labute approximate surface area is 166 Å². The summed E-state index contributed by atoms with van der Waals surface area (Å²) in [4.78, 5) is 48.4. The van der Waals surface area contributed by atoms with Crippen molar-refractivity contribution in [2.45, 2.75) is 6.42 Å². The molecule has 1 saturated heterocycles. The van der Waals surface area contributed by atoms with Gasteiger partial charge in [0, 0.05) is 42.4 Å². The average Bonchev–Trinajstić information content (AvgIpc) is 3.13. The number of ketones is 1. The number of carbonyl (C=O) groups is 3. The lowest BCUT2D eigenvalue weighted by Crippen LogP contribution is -2.27. The van der Waals surface area contributed by atoms with Crippen LogP contribution in [0.2, 0.25) is 0 Å². The number of hydrogen-bond acceptors (Lipinski definition) is 7. The van der Waals surface area contributed by atoms with Gasteiger partial charge in [-0.25, -0.2) is 0 Å². The van der Waals surface area contributed by atoms with Gasteiger partial charge in [-0.3, -0.25) is 24.5 Å². The van der Waals surface area contributed by atoms with Gasteiger partial charge < -0.3 is 14.4 Å². The zero-order valence-corrected chi connectivity index (χ0v) is 15.6. The van der Waals surface area contributed by atoms with Gasteiger partial charge in [-0.1, -0.05) is 18.2 Å². The van der Waals surface area contributed by atoms with E-state index in [2.05, 4.69) is 0 Å². The molecular formula is C20H18N2O7. The smallest absolute Gasteiger partial charge is 0.311 e. The van der Waals surface area contributed by atoms with Gasteiger partial charge in [0.1, 0.15) is 5.75 Å². The van der Waals surface area contributed by atoms with E-state index in [-0.39, 0.29) is 30.1 Å². The van der Waals surface area contributed by atoms with Crippen molar-refractivity contribution in [3.8, 4) is 5.75 Å². The first-order chi connectivity index (χ1) is 13.9. The second-order valence-corrected chi connectivity index (χ2v) is 6.45. The van der Waals surface area contributed by atoms with E-state index < -0.39 is 29.2 Å². The Kier molecular flexibility index (Phi) is 5.87. The third-order valence-electron chi connectivity index (χ3n) is 4.55. The lowest BCUT2D eigenvalue weighted by Gasteiger charge is -2.17. The molecule has 2 aromatic carbocycles. The number of Topliss-reactive ketones (excluding diaryl/α,β-unsaturated/α-hetero) is 1. The maximum Gasteiger partial charge on any atom is 0.311 e. The summed E-state index contributed by atoms with van der Waals surface area (Å²) in [6.07, 6.45) is -0.0267. The van der Waals surface area contributed by atoms with E-state index in [1.807, 2.05) is 0 Å². The zero-order chi connectivity index (χ0) is 21.0. The predicted molar refractivity (Wildman–Crippen MR) is 102 cm³/mol. The van der Waals surface area contributed by atoms with Gasteiger partial charge in [-0.05, 0) is 12.1 Å². The second-order valence-electron chi connectivity index (χ2n) is 6.45. The topological polar surface area (TPSA) is 116 Å². The molecule has 9 heteroatoms. The minimum absolute atomic E-state index is 0.0267. The number of nitro groups is 1. The number of benzene rings is 2. The van der Waals surface area contributed by atoms with Crippen molar-refractivity contribution in [3.63, 3.8) is 0 Å². The van der Waals surface area contributed by atoms with Crippen LogP contribution in [0.15, 0.2) is 48.5 Å². The van der Waals surface area contributed by atoms with Gasteiger partial charge in [0.25, 0.3) is 5.69 Å². The monoisotopic (exact) mass is 398 g/mol. The summed E-state index contributed by atoms with van der Waals surface area (Å²) in [5.41, 5.74) is 0.460. The Morgan fingerprint density at radius 3 is 2.69 bits per heavy atom. The molecule has 150 valence electrons. The normalized spacial score (nSPS) is 15.8. The molecular weight excluding hydrogens is 380 g/mol. The number of nitro benzene ring substituents is 1. The van der Waals surface area contributed by atoms with Crippen LogP contribution >= 0.6 is 0 Å². The summed E-state index contributed by atoms with van der Waals surface area (Å²) in [5, 5.41) is 10.8. The Balaban J connectivity index is 1.60. The van der Waals surface area contributed by atoms with Gasteiger partial charge in [0.15, 0.2) is 6.61 Å². The minimum Gasteiger partial charge on any atom is -0.497 e. The number of amides is 1. The van der Waals surface area contributed by atoms with Crippen LogP contribution in [0.4, 0.5) is 11.4 Å². The van der Waals surface area contributed by atoms with Crippen LogP contribution in [0.3, 0.4) is 0 Å². The van der Waals surface area contributed by atoms with Gasteiger partial charge in [-0.15, -0.1) is 0 Å². The Morgan fingerprint density at radius 2 is 1.97 bits per heavy atom. The summed E-state index contributed by atoms with van der Waals surface area (Å²) >= 11 is 0. The third kappa shape index (κ3) is 4.57. The van der Waals surface area contributed by atoms with Crippen molar-refractivity contribution in [1.82, 2.24) is 0 Å². The number of anilines is 1. The zero-order valence-electron chi connectivity index (χ0n) is 15.6. The van der Waals surface area contributed by atoms with Crippen molar-refractivity contribution in [2.24, 2.45) is 5.92 Å². The van der Waals surface area contributed by atoms with Crippen LogP contribution in [-0.4, -0.2) is 42.8 Å². The number of methoxy groups -OCH3 is 1. The molecule has 1 heterocycles. The second kappa shape index (κ2) is 8.51. The molecule has 0 spiro atoms. The molecule has 1 amide bonds. The highest BCUT2D eigenvalue weighted by Gasteiger charge is 2.36. The molecule has 0 bridgehead atoms. The summed E-state index contributed by atoms with van der Waals surface area (Å²) in [6, 6.07) is 12.1. The first-order valence-electron chi connectivity index (χ1n) is 8.77. The fraction of sp³-hybridized carbons (Fsp3) is 0.250. The van der Waals surface area contributed by atoms with E-state index in [1.54, 1.807) is 24.3 Å². The number of esters is 1. The lowest BCUT2D eigenvalue weighted by molar-refractivity contribution is -0.384. The van der Waals surface area contributed by atoms with Crippen molar-refractivity contribution < 1.29 is 28.8 Å². The van der Waals surface area contributed by atoms with E-state index in [9.17, 15) is 24.5 Å². The molecule has 2 aromatic rings. The maximum absolute atomic E-state index is 12.3. The van der Waals surface area contributed by atoms with Crippen molar-refractivity contribution in [1.29, 1.82) is 0 Å². The van der Waals surface area contributed by atoms with Crippen LogP contribution in [0.1, 0.15) is 16.8 Å². The van der Waals surface area contributed by atoms with E-state index >= 15 is 0 Å². The van der Waals surface area contributed by atoms with Gasteiger partial charge in [0.05, 0.1) is 18.0 Å². The van der Waals surface area contributed by atoms with Gasteiger partial charge in [0.2, 0.25) is 11.7 Å². The third-order valence-corrected chi connectivity index (χ3v) is 4.55. The number of nitrogens with zero attached hydrogens (tertiary/aromatic N) is 2. The molecule has 0 radical (unpaired) electrons. The number of ether oxygens (including phenoxy) is 2. The summed E-state index contributed by atoms with van der Waals surface area (Å²) in [5.74, 6) is -1.57. The van der Waals surface area contributed by atoms with Crippen LogP contribution in [0.25, 0.3) is 0 Å². The SMILES string of the molecule is COc1cccc(N2C[C@H](C(=O)OCC(=O)c3cccc([N+](=O)[O-])c3)CC2=O)c1. The van der Waals surface area contributed by atoms with E-state index in [4.69, 9.17) is 9.47 Å². The predicted octanol–water partition coefficient (Wildman–Crippen LogP) is 2.38. The van der Waals surface area contributed by atoms with Crippen LogP contribution < -0.4 is 9.64 Å². The summed E-state index contributed by atoms with van der Waals surface area (Å²) in [7, 11) is 1.52. The van der Waals surface area contributed by atoms with E-state index in [1.165, 1.54) is 30.2 Å². The number of rotatable bonds is 7.